The van der Waals surface area contributed by atoms with Crippen molar-refractivity contribution in [2.24, 2.45) is 0 Å². The Balaban J connectivity index is 1.12. The van der Waals surface area contributed by atoms with Crippen molar-refractivity contribution in [3.05, 3.63) is 53.4 Å². The highest BCUT2D eigenvalue weighted by Gasteiger charge is 2.19. The number of hydrogen-bond donors (Lipinski definition) is 2. The van der Waals surface area contributed by atoms with Gasteiger partial charge in [-0.15, -0.1) is 11.3 Å². The SMILES string of the molecule is COc1ccc(NC(=O)NCCCCN2CCN(c3csc4cc(C)ccc34)CC2)cc1. The average Bonchev–Trinajstić information content (AvgIpc) is 3.23. The van der Waals surface area contributed by atoms with Gasteiger partial charge in [-0.2, -0.15) is 0 Å². The molecular weight excluding hydrogens is 420 g/mol. The second kappa shape index (κ2) is 10.7. The van der Waals surface area contributed by atoms with Gasteiger partial charge in [0, 0.05) is 53.9 Å². The van der Waals surface area contributed by atoms with Crippen molar-refractivity contribution in [3.63, 3.8) is 0 Å². The highest BCUT2D eigenvalue weighted by molar-refractivity contribution is 7.17. The Kier molecular flexibility index (Phi) is 7.50. The van der Waals surface area contributed by atoms with E-state index in [2.05, 4.69) is 50.9 Å². The van der Waals surface area contributed by atoms with Crippen LogP contribution in [0.15, 0.2) is 47.8 Å². The van der Waals surface area contributed by atoms with Crippen LogP contribution in [0.1, 0.15) is 18.4 Å². The highest BCUT2D eigenvalue weighted by atomic mass is 32.1. The number of methoxy groups -OCH3 is 1. The summed E-state index contributed by atoms with van der Waals surface area (Å²) >= 11 is 1.85. The molecule has 1 aliphatic rings. The minimum atomic E-state index is -0.165. The van der Waals surface area contributed by atoms with Crippen molar-refractivity contribution >= 4 is 38.8 Å². The molecule has 0 saturated carbocycles. The molecule has 0 spiro atoms. The summed E-state index contributed by atoms with van der Waals surface area (Å²) in [6.45, 7) is 8.25. The Labute approximate surface area is 194 Å². The molecule has 6 nitrogen and oxygen atoms in total. The number of carbonyl (C=O) groups excluding carboxylic acids is 1. The number of ether oxygens (including phenoxy) is 1. The summed E-state index contributed by atoms with van der Waals surface area (Å²) in [6, 6.07) is 13.9. The van der Waals surface area contributed by atoms with Gasteiger partial charge in [-0.1, -0.05) is 12.1 Å². The predicted molar refractivity (Wildman–Crippen MR) is 134 cm³/mol. The lowest BCUT2D eigenvalue weighted by Gasteiger charge is -2.35. The number of rotatable bonds is 8. The number of carbonyl (C=O) groups is 1. The number of anilines is 2. The van der Waals surface area contributed by atoms with E-state index in [1.165, 1.54) is 21.3 Å². The van der Waals surface area contributed by atoms with Crippen LogP contribution in [0.3, 0.4) is 0 Å². The largest absolute Gasteiger partial charge is 0.497 e. The number of thiophene rings is 1. The van der Waals surface area contributed by atoms with Crippen LogP contribution in [0, 0.1) is 6.92 Å². The van der Waals surface area contributed by atoms with E-state index in [-0.39, 0.29) is 6.03 Å². The van der Waals surface area contributed by atoms with Crippen LogP contribution in [0.2, 0.25) is 0 Å². The van der Waals surface area contributed by atoms with Gasteiger partial charge in [-0.3, -0.25) is 4.90 Å². The molecule has 1 aromatic heterocycles. The first-order valence-corrected chi connectivity index (χ1v) is 12.1. The van der Waals surface area contributed by atoms with E-state index in [1.807, 2.05) is 35.6 Å². The molecule has 2 heterocycles. The minimum absolute atomic E-state index is 0.165. The summed E-state index contributed by atoms with van der Waals surface area (Å²) in [5, 5.41) is 9.47. The molecule has 1 aliphatic heterocycles. The Morgan fingerprint density at radius 3 is 2.59 bits per heavy atom. The zero-order valence-corrected chi connectivity index (χ0v) is 19.7. The number of hydrogen-bond acceptors (Lipinski definition) is 5. The van der Waals surface area contributed by atoms with Crippen molar-refractivity contribution < 1.29 is 9.53 Å². The molecule has 0 atom stereocenters. The van der Waals surface area contributed by atoms with Crippen molar-refractivity contribution in [1.29, 1.82) is 0 Å². The van der Waals surface area contributed by atoms with E-state index < -0.39 is 0 Å². The smallest absolute Gasteiger partial charge is 0.319 e. The molecule has 2 N–H and O–H groups in total. The molecule has 0 bridgehead atoms. The van der Waals surface area contributed by atoms with Crippen LogP contribution in [-0.4, -0.2) is 57.3 Å². The van der Waals surface area contributed by atoms with Gasteiger partial charge in [0.25, 0.3) is 0 Å². The first-order chi connectivity index (χ1) is 15.6. The normalized spacial score (nSPS) is 14.5. The van der Waals surface area contributed by atoms with E-state index in [9.17, 15) is 4.79 Å². The average molecular weight is 453 g/mol. The predicted octanol–water partition coefficient (Wildman–Crippen LogP) is 4.94. The molecule has 0 unspecified atom stereocenters. The number of urea groups is 1. The number of aryl methyl sites for hydroxylation is 1. The molecule has 4 rings (SSSR count). The summed E-state index contributed by atoms with van der Waals surface area (Å²) in [5.41, 5.74) is 3.47. The maximum absolute atomic E-state index is 12.0. The molecule has 1 fully saturated rings. The van der Waals surface area contributed by atoms with Crippen molar-refractivity contribution in [3.8, 4) is 5.75 Å². The number of fused-ring (bicyclic) bond motifs is 1. The van der Waals surface area contributed by atoms with Crippen molar-refractivity contribution in [2.45, 2.75) is 19.8 Å². The quantitative estimate of drug-likeness (QED) is 0.475. The molecule has 3 aromatic rings. The molecule has 0 aliphatic carbocycles. The van der Waals surface area contributed by atoms with E-state index >= 15 is 0 Å². The Hall–Kier alpha value is -2.77. The molecule has 0 radical (unpaired) electrons. The van der Waals surface area contributed by atoms with Gasteiger partial charge in [0.15, 0.2) is 0 Å². The Morgan fingerprint density at radius 1 is 1.06 bits per heavy atom. The maximum atomic E-state index is 12.0. The molecule has 170 valence electrons. The zero-order valence-electron chi connectivity index (χ0n) is 18.9. The standard InChI is InChI=1S/C25H32N4O2S/c1-19-5-10-22-23(18-32-24(22)17-19)29-15-13-28(14-16-29)12-4-3-11-26-25(30)27-20-6-8-21(31-2)9-7-20/h5-10,17-18H,3-4,11-16H2,1-2H3,(H2,26,27,30). The van der Waals surface area contributed by atoms with Crippen molar-refractivity contribution in [1.82, 2.24) is 10.2 Å². The molecule has 32 heavy (non-hydrogen) atoms. The Morgan fingerprint density at radius 2 is 1.84 bits per heavy atom. The summed E-state index contributed by atoms with van der Waals surface area (Å²) < 4.78 is 6.51. The van der Waals surface area contributed by atoms with E-state index in [0.717, 1.165) is 57.0 Å². The summed E-state index contributed by atoms with van der Waals surface area (Å²) in [7, 11) is 1.63. The number of benzene rings is 2. The van der Waals surface area contributed by atoms with Crippen molar-refractivity contribution in [2.75, 3.05) is 56.6 Å². The first-order valence-electron chi connectivity index (χ1n) is 11.3. The topological polar surface area (TPSA) is 56.8 Å². The third kappa shape index (κ3) is 5.72. The summed E-state index contributed by atoms with van der Waals surface area (Å²) in [5.74, 6) is 0.774. The number of nitrogens with one attached hydrogen (secondary N) is 2. The van der Waals surface area contributed by atoms with Gasteiger partial charge >= 0.3 is 6.03 Å². The van der Waals surface area contributed by atoms with E-state index in [0.29, 0.717) is 6.54 Å². The zero-order chi connectivity index (χ0) is 22.3. The van der Waals surface area contributed by atoms with Gasteiger partial charge in [0.05, 0.1) is 12.8 Å². The van der Waals surface area contributed by atoms with Crippen LogP contribution in [0.25, 0.3) is 10.1 Å². The van der Waals surface area contributed by atoms with E-state index in [1.54, 1.807) is 7.11 Å². The fourth-order valence-corrected chi connectivity index (χ4v) is 5.16. The highest BCUT2D eigenvalue weighted by Crippen LogP contribution is 2.34. The number of amides is 2. The molecule has 2 aromatic carbocycles. The third-order valence-corrected chi connectivity index (χ3v) is 6.89. The Bertz CT molecular complexity index is 1030. The van der Waals surface area contributed by atoms with Gasteiger partial charge in [-0.25, -0.2) is 4.79 Å². The lowest BCUT2D eigenvalue weighted by molar-refractivity contribution is 0.247. The fourth-order valence-electron chi connectivity index (χ4n) is 4.09. The van der Waals surface area contributed by atoms with Gasteiger partial charge in [0.1, 0.15) is 5.75 Å². The third-order valence-electron chi connectivity index (χ3n) is 5.96. The summed E-state index contributed by atoms with van der Waals surface area (Å²) in [6.07, 6.45) is 2.06. The van der Waals surface area contributed by atoms with Gasteiger partial charge < -0.3 is 20.3 Å². The maximum Gasteiger partial charge on any atom is 0.319 e. The van der Waals surface area contributed by atoms with Gasteiger partial charge in [0.2, 0.25) is 0 Å². The molecule has 2 amide bonds. The minimum Gasteiger partial charge on any atom is -0.497 e. The van der Waals surface area contributed by atoms with Crippen LogP contribution < -0.4 is 20.3 Å². The molecular formula is C25H32N4O2S. The fraction of sp³-hybridized carbons (Fsp3) is 0.400. The summed E-state index contributed by atoms with van der Waals surface area (Å²) in [4.78, 5) is 17.1. The number of unbranched alkanes of at least 4 members (excludes halogenated alkanes) is 1. The number of nitrogens with zero attached hydrogens (tertiary/aromatic N) is 2. The van der Waals surface area contributed by atoms with Crippen LogP contribution in [0.5, 0.6) is 5.75 Å². The van der Waals surface area contributed by atoms with E-state index in [4.69, 9.17) is 4.74 Å². The van der Waals surface area contributed by atoms with Gasteiger partial charge in [-0.05, 0) is 62.2 Å². The second-order valence-corrected chi connectivity index (χ2v) is 9.18. The molecule has 7 heteroatoms. The van der Waals surface area contributed by atoms with Crippen LogP contribution in [-0.2, 0) is 0 Å². The van der Waals surface area contributed by atoms with Crippen LogP contribution >= 0.6 is 11.3 Å². The lowest BCUT2D eigenvalue weighted by atomic mass is 10.1. The second-order valence-electron chi connectivity index (χ2n) is 8.27. The lowest BCUT2D eigenvalue weighted by Crippen LogP contribution is -2.46. The molecule has 1 saturated heterocycles. The number of piperazine rings is 1. The van der Waals surface area contributed by atoms with Crippen LogP contribution in [0.4, 0.5) is 16.2 Å². The monoisotopic (exact) mass is 452 g/mol. The first kappa shape index (κ1) is 22.4.